The molecular formula is C20H27NO2. The van der Waals surface area contributed by atoms with Gasteiger partial charge in [-0.25, -0.2) is 0 Å². The summed E-state index contributed by atoms with van der Waals surface area (Å²) in [6, 6.07) is 14.3. The Morgan fingerprint density at radius 1 is 1.09 bits per heavy atom. The van der Waals surface area contributed by atoms with Gasteiger partial charge < -0.3 is 14.8 Å². The second-order valence-corrected chi connectivity index (χ2v) is 5.95. The number of benzene rings is 2. The molecule has 3 nitrogen and oxygen atoms in total. The van der Waals surface area contributed by atoms with Crippen molar-refractivity contribution in [3.63, 3.8) is 0 Å². The highest BCUT2D eigenvalue weighted by Crippen LogP contribution is 2.21. The van der Waals surface area contributed by atoms with Crippen molar-refractivity contribution in [1.82, 2.24) is 0 Å². The van der Waals surface area contributed by atoms with E-state index in [9.17, 15) is 0 Å². The number of ether oxygens (including phenoxy) is 2. The minimum absolute atomic E-state index is 0.0794. The van der Waals surface area contributed by atoms with E-state index in [4.69, 9.17) is 9.47 Å². The maximum absolute atomic E-state index is 6.05. The minimum Gasteiger partial charge on any atom is -0.494 e. The number of anilines is 1. The summed E-state index contributed by atoms with van der Waals surface area (Å²) >= 11 is 0. The van der Waals surface area contributed by atoms with E-state index in [1.165, 1.54) is 5.56 Å². The molecule has 0 bridgehead atoms. The van der Waals surface area contributed by atoms with Crippen LogP contribution in [0.1, 0.15) is 31.4 Å². The average Bonchev–Trinajstić information content (AvgIpc) is 2.55. The molecule has 23 heavy (non-hydrogen) atoms. The van der Waals surface area contributed by atoms with Crippen LogP contribution >= 0.6 is 0 Å². The quantitative estimate of drug-likeness (QED) is 0.746. The zero-order valence-corrected chi connectivity index (χ0v) is 14.6. The third-order valence-electron chi connectivity index (χ3n) is 3.57. The van der Waals surface area contributed by atoms with Gasteiger partial charge >= 0.3 is 0 Å². The van der Waals surface area contributed by atoms with E-state index in [-0.39, 0.29) is 6.10 Å². The van der Waals surface area contributed by atoms with Crippen LogP contribution in [0.25, 0.3) is 0 Å². The number of aryl methyl sites for hydroxylation is 2. The van der Waals surface area contributed by atoms with Crippen LogP contribution in [0, 0.1) is 13.8 Å². The molecule has 1 N–H and O–H groups in total. The van der Waals surface area contributed by atoms with E-state index in [1.807, 2.05) is 24.3 Å². The lowest BCUT2D eigenvalue weighted by molar-refractivity contribution is 0.233. The molecule has 0 aromatic heterocycles. The molecule has 0 saturated heterocycles. The lowest BCUT2D eigenvalue weighted by atomic mass is 10.1. The number of nitrogens with one attached hydrogen (secondary N) is 1. The molecule has 0 saturated carbocycles. The SMILES string of the molecule is CCCOc1cccc(NCC(C)Oc2cc(C)ccc2C)c1. The van der Waals surface area contributed by atoms with Crippen molar-refractivity contribution in [2.45, 2.75) is 40.2 Å². The molecule has 124 valence electrons. The van der Waals surface area contributed by atoms with Gasteiger partial charge in [0.05, 0.1) is 13.2 Å². The van der Waals surface area contributed by atoms with Crippen LogP contribution in [-0.4, -0.2) is 19.3 Å². The Bertz CT molecular complexity index is 625. The van der Waals surface area contributed by atoms with Crippen LogP contribution in [0.3, 0.4) is 0 Å². The molecule has 0 radical (unpaired) electrons. The molecule has 1 unspecified atom stereocenters. The maximum atomic E-state index is 6.05. The van der Waals surface area contributed by atoms with Crippen molar-refractivity contribution in [1.29, 1.82) is 0 Å². The van der Waals surface area contributed by atoms with E-state index < -0.39 is 0 Å². The highest BCUT2D eigenvalue weighted by atomic mass is 16.5. The van der Waals surface area contributed by atoms with Gasteiger partial charge in [-0.3, -0.25) is 0 Å². The fourth-order valence-electron chi connectivity index (χ4n) is 2.27. The van der Waals surface area contributed by atoms with Gasteiger partial charge in [0, 0.05) is 11.8 Å². The standard InChI is InChI=1S/C20H27NO2/c1-5-11-22-19-8-6-7-18(13-19)21-14-17(4)23-20-12-15(2)9-10-16(20)3/h6-10,12-13,17,21H,5,11,14H2,1-4H3. The van der Waals surface area contributed by atoms with Crippen molar-refractivity contribution >= 4 is 5.69 Å². The van der Waals surface area contributed by atoms with Crippen LogP contribution in [0.4, 0.5) is 5.69 Å². The van der Waals surface area contributed by atoms with Crippen molar-refractivity contribution < 1.29 is 9.47 Å². The molecule has 1 atom stereocenters. The highest BCUT2D eigenvalue weighted by Gasteiger charge is 2.07. The zero-order chi connectivity index (χ0) is 16.7. The minimum atomic E-state index is 0.0794. The van der Waals surface area contributed by atoms with E-state index in [1.54, 1.807) is 0 Å². The van der Waals surface area contributed by atoms with Gasteiger partial charge in [-0.05, 0) is 56.5 Å². The van der Waals surface area contributed by atoms with Gasteiger partial charge in [-0.15, -0.1) is 0 Å². The second-order valence-electron chi connectivity index (χ2n) is 5.95. The molecule has 0 spiro atoms. The first kappa shape index (κ1) is 17.2. The van der Waals surface area contributed by atoms with Crippen LogP contribution in [0.5, 0.6) is 11.5 Å². The largest absolute Gasteiger partial charge is 0.494 e. The van der Waals surface area contributed by atoms with Crippen LogP contribution in [0.2, 0.25) is 0 Å². The lowest BCUT2D eigenvalue weighted by Gasteiger charge is -2.18. The molecule has 3 heteroatoms. The third-order valence-corrected chi connectivity index (χ3v) is 3.57. The summed E-state index contributed by atoms with van der Waals surface area (Å²) < 4.78 is 11.7. The Labute approximate surface area is 139 Å². The topological polar surface area (TPSA) is 30.5 Å². The van der Waals surface area contributed by atoms with Crippen LogP contribution < -0.4 is 14.8 Å². The molecular weight excluding hydrogens is 286 g/mol. The monoisotopic (exact) mass is 313 g/mol. The third kappa shape index (κ3) is 5.51. The predicted molar refractivity (Wildman–Crippen MR) is 96.7 cm³/mol. The highest BCUT2D eigenvalue weighted by molar-refractivity contribution is 5.48. The first-order valence-electron chi connectivity index (χ1n) is 8.29. The summed E-state index contributed by atoms with van der Waals surface area (Å²) in [5.41, 5.74) is 3.43. The molecule has 2 aromatic rings. The average molecular weight is 313 g/mol. The van der Waals surface area contributed by atoms with Crippen molar-refractivity contribution in [2.75, 3.05) is 18.5 Å². The molecule has 0 aliphatic carbocycles. The molecule has 0 heterocycles. The maximum Gasteiger partial charge on any atom is 0.122 e. The molecule has 0 fully saturated rings. The van der Waals surface area contributed by atoms with E-state index in [0.29, 0.717) is 0 Å². The van der Waals surface area contributed by atoms with Gasteiger partial charge in [0.15, 0.2) is 0 Å². The first-order chi connectivity index (χ1) is 11.1. The van der Waals surface area contributed by atoms with Crippen LogP contribution in [-0.2, 0) is 0 Å². The molecule has 2 rings (SSSR count). The zero-order valence-electron chi connectivity index (χ0n) is 14.6. The Balaban J connectivity index is 1.88. The van der Waals surface area contributed by atoms with Gasteiger partial charge in [-0.1, -0.05) is 25.1 Å². The summed E-state index contributed by atoms with van der Waals surface area (Å²) in [5, 5.41) is 3.41. The first-order valence-corrected chi connectivity index (χ1v) is 8.29. The Hall–Kier alpha value is -2.16. The van der Waals surface area contributed by atoms with Crippen LogP contribution in [0.15, 0.2) is 42.5 Å². The lowest BCUT2D eigenvalue weighted by Crippen LogP contribution is -2.23. The summed E-state index contributed by atoms with van der Waals surface area (Å²) in [7, 11) is 0. The summed E-state index contributed by atoms with van der Waals surface area (Å²) in [4.78, 5) is 0. The molecule has 0 amide bonds. The fraction of sp³-hybridized carbons (Fsp3) is 0.400. The normalized spacial score (nSPS) is 11.8. The van der Waals surface area contributed by atoms with E-state index >= 15 is 0 Å². The molecule has 0 aliphatic heterocycles. The summed E-state index contributed by atoms with van der Waals surface area (Å²) in [6.07, 6.45) is 1.09. The molecule has 2 aromatic carbocycles. The second kappa shape index (κ2) is 8.47. The fourth-order valence-corrected chi connectivity index (χ4v) is 2.27. The summed E-state index contributed by atoms with van der Waals surface area (Å²) in [6.45, 7) is 9.82. The Kier molecular flexibility index (Phi) is 6.33. The van der Waals surface area contributed by atoms with Crippen molar-refractivity contribution in [3.8, 4) is 11.5 Å². The van der Waals surface area contributed by atoms with Gasteiger partial charge in [-0.2, -0.15) is 0 Å². The number of rotatable bonds is 8. The smallest absolute Gasteiger partial charge is 0.122 e. The predicted octanol–water partition coefficient (Wildman–Crippen LogP) is 4.97. The molecule has 0 aliphatic rings. The number of hydrogen-bond donors (Lipinski definition) is 1. The van der Waals surface area contributed by atoms with Gasteiger partial charge in [0.1, 0.15) is 17.6 Å². The van der Waals surface area contributed by atoms with Crippen molar-refractivity contribution in [2.24, 2.45) is 0 Å². The summed E-state index contributed by atoms with van der Waals surface area (Å²) in [5.74, 6) is 1.86. The Morgan fingerprint density at radius 2 is 1.91 bits per heavy atom. The van der Waals surface area contributed by atoms with Gasteiger partial charge in [0.25, 0.3) is 0 Å². The van der Waals surface area contributed by atoms with Crippen molar-refractivity contribution in [3.05, 3.63) is 53.6 Å². The Morgan fingerprint density at radius 3 is 2.70 bits per heavy atom. The van der Waals surface area contributed by atoms with E-state index in [2.05, 4.69) is 51.2 Å². The van der Waals surface area contributed by atoms with Gasteiger partial charge in [0.2, 0.25) is 0 Å². The van der Waals surface area contributed by atoms with E-state index in [0.717, 1.165) is 42.3 Å². The number of hydrogen-bond acceptors (Lipinski definition) is 3.